The zero-order chi connectivity index (χ0) is 14.8. The molecule has 6 heteroatoms. The molecule has 0 spiro atoms. The van der Waals surface area contributed by atoms with Crippen LogP contribution in [-0.4, -0.2) is 43.4 Å². The van der Waals surface area contributed by atoms with Gasteiger partial charge in [0.25, 0.3) is 0 Å². The van der Waals surface area contributed by atoms with Crippen LogP contribution in [0.4, 0.5) is 10.5 Å². The highest BCUT2D eigenvalue weighted by molar-refractivity contribution is 7.91. The van der Waals surface area contributed by atoms with Crippen LogP contribution >= 0.6 is 0 Å². The normalized spacial score (nSPS) is 20.6. The zero-order valence-electron chi connectivity index (χ0n) is 11.8. The number of carbonyl (C=O) groups is 1. The molecule has 1 fully saturated rings. The summed E-state index contributed by atoms with van der Waals surface area (Å²) in [7, 11) is -2.99. The van der Waals surface area contributed by atoms with Crippen molar-refractivity contribution in [1.82, 2.24) is 4.90 Å². The number of rotatable bonds is 3. The van der Waals surface area contributed by atoms with Crippen LogP contribution in [0.15, 0.2) is 24.3 Å². The number of sulfone groups is 1. The number of nitrogens with zero attached hydrogens (tertiary/aromatic N) is 1. The maximum Gasteiger partial charge on any atom is 0.322 e. The van der Waals surface area contributed by atoms with Gasteiger partial charge in [0.05, 0.1) is 11.5 Å². The van der Waals surface area contributed by atoms with Crippen LogP contribution < -0.4 is 5.32 Å². The maximum absolute atomic E-state index is 12.3. The average Bonchev–Trinajstić information content (AvgIpc) is 2.70. The van der Waals surface area contributed by atoms with Crippen molar-refractivity contribution in [3.8, 4) is 0 Å². The molecule has 1 aliphatic rings. The van der Waals surface area contributed by atoms with E-state index in [9.17, 15) is 13.2 Å². The van der Waals surface area contributed by atoms with Gasteiger partial charge in [-0.2, -0.15) is 0 Å². The fraction of sp³-hybridized carbons (Fsp3) is 0.500. The van der Waals surface area contributed by atoms with Gasteiger partial charge in [-0.15, -0.1) is 0 Å². The Kier molecular flexibility index (Phi) is 4.32. The summed E-state index contributed by atoms with van der Waals surface area (Å²) in [5.74, 6) is 0.244. The SMILES string of the molecule is CCN(C(=O)Nc1cccc(C)c1)C1CCS(=O)(=O)C1. The summed E-state index contributed by atoms with van der Waals surface area (Å²) >= 11 is 0. The number of hydrogen-bond acceptors (Lipinski definition) is 3. The van der Waals surface area contributed by atoms with Crippen molar-refractivity contribution < 1.29 is 13.2 Å². The molecule has 1 aromatic carbocycles. The highest BCUT2D eigenvalue weighted by Crippen LogP contribution is 2.19. The van der Waals surface area contributed by atoms with Gasteiger partial charge in [-0.25, -0.2) is 13.2 Å². The van der Waals surface area contributed by atoms with Gasteiger partial charge < -0.3 is 10.2 Å². The molecule has 2 rings (SSSR count). The summed E-state index contributed by atoms with van der Waals surface area (Å²) in [6, 6.07) is 7.09. The lowest BCUT2D eigenvalue weighted by Gasteiger charge is -2.27. The molecular formula is C14H20N2O3S. The van der Waals surface area contributed by atoms with Gasteiger partial charge in [0.15, 0.2) is 9.84 Å². The number of hydrogen-bond donors (Lipinski definition) is 1. The first-order chi connectivity index (χ1) is 9.41. The molecule has 1 aromatic rings. The molecule has 0 saturated carbocycles. The van der Waals surface area contributed by atoms with Crippen molar-refractivity contribution >= 4 is 21.6 Å². The quantitative estimate of drug-likeness (QED) is 0.928. The molecule has 1 N–H and O–H groups in total. The molecule has 2 amide bonds. The number of benzene rings is 1. The molecule has 20 heavy (non-hydrogen) atoms. The number of urea groups is 1. The Morgan fingerprint density at radius 2 is 2.20 bits per heavy atom. The summed E-state index contributed by atoms with van der Waals surface area (Å²) in [6.07, 6.45) is 0.525. The number of anilines is 1. The van der Waals surface area contributed by atoms with Crippen molar-refractivity contribution in [3.63, 3.8) is 0 Å². The summed E-state index contributed by atoms with van der Waals surface area (Å²) in [5.41, 5.74) is 1.79. The van der Waals surface area contributed by atoms with E-state index in [4.69, 9.17) is 0 Å². The van der Waals surface area contributed by atoms with Gasteiger partial charge in [0.1, 0.15) is 0 Å². The van der Waals surface area contributed by atoms with Gasteiger partial charge in [0.2, 0.25) is 0 Å². The van der Waals surface area contributed by atoms with E-state index in [0.29, 0.717) is 13.0 Å². The summed E-state index contributed by atoms with van der Waals surface area (Å²) in [4.78, 5) is 13.9. The van der Waals surface area contributed by atoms with Gasteiger partial charge >= 0.3 is 6.03 Å². The van der Waals surface area contributed by atoms with Crippen LogP contribution in [0.5, 0.6) is 0 Å². The molecule has 1 atom stereocenters. The van der Waals surface area contributed by atoms with Crippen LogP contribution in [0.2, 0.25) is 0 Å². The van der Waals surface area contributed by atoms with Crippen molar-refractivity contribution in [3.05, 3.63) is 29.8 Å². The van der Waals surface area contributed by atoms with E-state index in [1.165, 1.54) is 0 Å². The number of carbonyl (C=O) groups excluding carboxylic acids is 1. The first kappa shape index (κ1) is 14.8. The average molecular weight is 296 g/mol. The van der Waals surface area contributed by atoms with Crippen molar-refractivity contribution in [1.29, 1.82) is 0 Å². The summed E-state index contributed by atoms with van der Waals surface area (Å²) < 4.78 is 23.1. The smallest absolute Gasteiger partial charge is 0.321 e. The van der Waals surface area contributed by atoms with E-state index in [0.717, 1.165) is 11.3 Å². The second-order valence-corrected chi connectivity index (χ2v) is 7.37. The first-order valence-corrected chi connectivity index (χ1v) is 8.58. The molecule has 1 aliphatic heterocycles. The highest BCUT2D eigenvalue weighted by Gasteiger charge is 2.33. The standard InChI is InChI=1S/C14H20N2O3S/c1-3-16(13-7-8-20(18,19)10-13)14(17)15-12-6-4-5-11(2)9-12/h4-6,9,13H,3,7-8,10H2,1-2H3,(H,15,17). The summed E-state index contributed by atoms with van der Waals surface area (Å²) in [5, 5.41) is 2.83. The molecule has 1 saturated heterocycles. The molecule has 0 aliphatic carbocycles. The molecule has 0 bridgehead atoms. The molecule has 1 heterocycles. The number of aryl methyl sites for hydroxylation is 1. The topological polar surface area (TPSA) is 66.5 Å². The van der Waals surface area contributed by atoms with Crippen LogP contribution in [0.1, 0.15) is 18.9 Å². The van der Waals surface area contributed by atoms with Crippen molar-refractivity contribution in [2.24, 2.45) is 0 Å². The Bertz CT molecular complexity index is 598. The van der Waals surface area contributed by atoms with Crippen molar-refractivity contribution in [2.45, 2.75) is 26.3 Å². The third kappa shape index (κ3) is 3.50. The maximum atomic E-state index is 12.3. The van der Waals surface area contributed by atoms with Crippen molar-refractivity contribution in [2.75, 3.05) is 23.4 Å². The first-order valence-electron chi connectivity index (χ1n) is 6.76. The van der Waals surface area contributed by atoms with E-state index >= 15 is 0 Å². The van der Waals surface area contributed by atoms with E-state index in [1.54, 1.807) is 4.90 Å². The van der Waals surface area contributed by atoms with E-state index in [-0.39, 0.29) is 23.6 Å². The monoisotopic (exact) mass is 296 g/mol. The molecule has 1 unspecified atom stereocenters. The Morgan fingerprint density at radius 1 is 1.45 bits per heavy atom. The van der Waals surface area contributed by atoms with E-state index in [1.807, 2.05) is 38.1 Å². The van der Waals surface area contributed by atoms with Gasteiger partial charge in [-0.3, -0.25) is 0 Å². The third-order valence-electron chi connectivity index (χ3n) is 3.52. The lowest BCUT2D eigenvalue weighted by Crippen LogP contribution is -2.43. The minimum atomic E-state index is -2.99. The Hall–Kier alpha value is -1.56. The van der Waals surface area contributed by atoms with Crippen LogP contribution in [0.25, 0.3) is 0 Å². The predicted molar refractivity (Wildman–Crippen MR) is 79.6 cm³/mol. The molecule has 5 nitrogen and oxygen atoms in total. The zero-order valence-corrected chi connectivity index (χ0v) is 12.6. The largest absolute Gasteiger partial charge is 0.322 e. The number of amides is 2. The minimum Gasteiger partial charge on any atom is -0.321 e. The minimum absolute atomic E-state index is 0.0715. The van der Waals surface area contributed by atoms with Crippen LogP contribution in [0, 0.1) is 6.92 Å². The van der Waals surface area contributed by atoms with Gasteiger partial charge in [0, 0.05) is 18.3 Å². The predicted octanol–water partition coefficient (Wildman–Crippen LogP) is 2.04. The Labute approximate surface area is 119 Å². The molecule has 0 aromatic heterocycles. The lowest BCUT2D eigenvalue weighted by atomic mass is 10.2. The summed E-state index contributed by atoms with van der Waals surface area (Å²) in [6.45, 7) is 4.31. The van der Waals surface area contributed by atoms with Crippen LogP contribution in [0.3, 0.4) is 0 Å². The van der Waals surface area contributed by atoms with E-state index < -0.39 is 9.84 Å². The number of nitrogens with one attached hydrogen (secondary N) is 1. The van der Waals surface area contributed by atoms with Gasteiger partial charge in [-0.05, 0) is 38.0 Å². The fourth-order valence-corrected chi connectivity index (χ4v) is 4.24. The van der Waals surface area contributed by atoms with Crippen LogP contribution in [-0.2, 0) is 9.84 Å². The van der Waals surface area contributed by atoms with E-state index in [2.05, 4.69) is 5.32 Å². The fourth-order valence-electron chi connectivity index (χ4n) is 2.51. The second kappa shape index (κ2) is 5.83. The Morgan fingerprint density at radius 3 is 2.75 bits per heavy atom. The van der Waals surface area contributed by atoms with Gasteiger partial charge in [-0.1, -0.05) is 12.1 Å². The molecule has 0 radical (unpaired) electrons. The second-order valence-electron chi connectivity index (χ2n) is 5.14. The lowest BCUT2D eigenvalue weighted by molar-refractivity contribution is 0.197. The third-order valence-corrected chi connectivity index (χ3v) is 5.27. The molecule has 110 valence electrons. The molecular weight excluding hydrogens is 276 g/mol. The Balaban J connectivity index is 2.06. The highest BCUT2D eigenvalue weighted by atomic mass is 32.2.